The van der Waals surface area contributed by atoms with Gasteiger partial charge in [-0.15, -0.1) is 6.58 Å². The molecule has 0 bridgehead atoms. The fourth-order valence-corrected chi connectivity index (χ4v) is 3.49. The third kappa shape index (κ3) is 4.37. The van der Waals surface area contributed by atoms with Crippen molar-refractivity contribution >= 4 is 24.2 Å². The van der Waals surface area contributed by atoms with Gasteiger partial charge in [0.1, 0.15) is 11.6 Å². The number of halogens is 2. The van der Waals surface area contributed by atoms with E-state index in [1.54, 1.807) is 36.4 Å². The van der Waals surface area contributed by atoms with Gasteiger partial charge < -0.3 is 14.0 Å². The summed E-state index contributed by atoms with van der Waals surface area (Å²) in [7, 11) is -0.592. The molecule has 2 aromatic carbocycles. The molecule has 0 saturated carbocycles. The average molecular weight is 417 g/mol. The van der Waals surface area contributed by atoms with E-state index in [4.69, 9.17) is 25.6 Å². The van der Waals surface area contributed by atoms with Gasteiger partial charge in [-0.25, -0.2) is 4.39 Å². The zero-order valence-electron chi connectivity index (χ0n) is 17.6. The van der Waals surface area contributed by atoms with Crippen LogP contribution in [0, 0.1) is 5.82 Å². The second kappa shape index (κ2) is 8.13. The molecule has 0 aromatic heterocycles. The Hall–Kier alpha value is -1.82. The second-order valence-corrected chi connectivity index (χ2v) is 8.80. The van der Waals surface area contributed by atoms with Crippen molar-refractivity contribution in [3.05, 3.63) is 59.9 Å². The third-order valence-corrected chi connectivity index (χ3v) is 5.90. The average Bonchev–Trinajstić information content (AvgIpc) is 2.84. The summed E-state index contributed by atoms with van der Waals surface area (Å²) >= 11 is 6.47. The lowest BCUT2D eigenvalue weighted by Crippen LogP contribution is -2.41. The van der Waals surface area contributed by atoms with Gasteiger partial charge in [0.05, 0.1) is 22.3 Å². The summed E-state index contributed by atoms with van der Waals surface area (Å²) < 4.78 is 33.1. The Morgan fingerprint density at radius 1 is 1.17 bits per heavy atom. The molecule has 0 aliphatic carbocycles. The maximum atomic E-state index is 14.9. The number of hydrogen-bond acceptors (Lipinski definition) is 3. The summed E-state index contributed by atoms with van der Waals surface area (Å²) in [6.07, 6.45) is 2.34. The quantitative estimate of drug-likeness (QED) is 0.441. The number of ether oxygens (including phenoxy) is 1. The van der Waals surface area contributed by atoms with Crippen LogP contribution in [0.5, 0.6) is 5.75 Å². The normalized spacial score (nSPS) is 18.5. The molecule has 29 heavy (non-hydrogen) atoms. The molecule has 0 spiro atoms. The maximum Gasteiger partial charge on any atom is 0.494 e. The van der Waals surface area contributed by atoms with Crippen molar-refractivity contribution in [3.63, 3.8) is 0 Å². The van der Waals surface area contributed by atoms with Crippen molar-refractivity contribution in [2.45, 2.75) is 58.3 Å². The Morgan fingerprint density at radius 2 is 1.83 bits per heavy atom. The topological polar surface area (TPSA) is 27.7 Å². The monoisotopic (exact) mass is 416 g/mol. The zero-order chi connectivity index (χ0) is 21.4. The summed E-state index contributed by atoms with van der Waals surface area (Å²) in [5.74, 6) is 0.136. The van der Waals surface area contributed by atoms with E-state index in [-0.39, 0.29) is 11.9 Å². The summed E-state index contributed by atoms with van der Waals surface area (Å²) in [6.45, 7) is 13.6. The minimum atomic E-state index is -0.592. The Morgan fingerprint density at radius 3 is 2.45 bits per heavy atom. The van der Waals surface area contributed by atoms with Gasteiger partial charge in [-0.1, -0.05) is 35.9 Å². The van der Waals surface area contributed by atoms with Gasteiger partial charge in [-0.05, 0) is 58.3 Å². The van der Waals surface area contributed by atoms with Crippen LogP contribution in [-0.2, 0) is 9.31 Å². The van der Waals surface area contributed by atoms with Crippen LogP contribution in [0.15, 0.2) is 49.1 Å². The molecule has 1 saturated heterocycles. The van der Waals surface area contributed by atoms with Gasteiger partial charge in [0.25, 0.3) is 0 Å². The largest absolute Gasteiger partial charge is 0.494 e. The summed E-state index contributed by atoms with van der Waals surface area (Å²) in [5.41, 5.74) is 0.630. The first-order valence-electron chi connectivity index (χ1n) is 9.77. The summed E-state index contributed by atoms with van der Waals surface area (Å²) in [5, 5.41) is 0.415. The highest BCUT2D eigenvalue weighted by atomic mass is 35.5. The van der Waals surface area contributed by atoms with E-state index >= 15 is 0 Å². The van der Waals surface area contributed by atoms with E-state index in [0.29, 0.717) is 28.3 Å². The molecule has 1 atom stereocenters. The van der Waals surface area contributed by atoms with E-state index in [9.17, 15) is 4.39 Å². The summed E-state index contributed by atoms with van der Waals surface area (Å²) in [4.78, 5) is 0. The van der Waals surface area contributed by atoms with Crippen molar-refractivity contribution in [2.24, 2.45) is 0 Å². The molecule has 2 aromatic rings. The first-order valence-corrected chi connectivity index (χ1v) is 10.1. The number of benzene rings is 2. The van der Waals surface area contributed by atoms with E-state index in [2.05, 4.69) is 6.58 Å². The van der Waals surface area contributed by atoms with E-state index < -0.39 is 18.3 Å². The molecule has 1 unspecified atom stereocenters. The molecule has 1 heterocycles. The molecule has 0 radical (unpaired) electrons. The van der Waals surface area contributed by atoms with Crippen LogP contribution in [0.2, 0.25) is 5.02 Å². The number of hydrogen-bond donors (Lipinski definition) is 0. The van der Waals surface area contributed by atoms with Gasteiger partial charge in [-0.3, -0.25) is 0 Å². The molecule has 3 rings (SSSR count). The fraction of sp³-hybridized carbons (Fsp3) is 0.391. The minimum absolute atomic E-state index is 0.112. The van der Waals surface area contributed by atoms with Crippen molar-refractivity contribution < 1.29 is 18.4 Å². The Bertz CT molecular complexity index is 897. The third-order valence-electron chi connectivity index (χ3n) is 5.59. The molecule has 3 nitrogen and oxygen atoms in total. The van der Waals surface area contributed by atoms with Crippen molar-refractivity contribution in [1.29, 1.82) is 0 Å². The minimum Gasteiger partial charge on any atom is -0.490 e. The van der Waals surface area contributed by atoms with Crippen LogP contribution < -0.4 is 10.2 Å². The Labute approximate surface area is 178 Å². The van der Waals surface area contributed by atoms with Crippen LogP contribution in [0.1, 0.15) is 41.0 Å². The molecular weight excluding hydrogens is 390 g/mol. The lowest BCUT2D eigenvalue weighted by molar-refractivity contribution is 0.00578. The lowest BCUT2D eigenvalue weighted by Gasteiger charge is -2.32. The fourth-order valence-electron chi connectivity index (χ4n) is 3.22. The molecular formula is C23H27BClFO3. The Kier molecular flexibility index (Phi) is 6.14. The van der Waals surface area contributed by atoms with Gasteiger partial charge >= 0.3 is 7.12 Å². The van der Waals surface area contributed by atoms with Crippen LogP contribution in [0.3, 0.4) is 0 Å². The van der Waals surface area contributed by atoms with Gasteiger partial charge in [0, 0.05) is 17.5 Å². The molecule has 1 aliphatic heterocycles. The van der Waals surface area contributed by atoms with Crippen LogP contribution in [0.25, 0.3) is 11.1 Å². The first kappa shape index (κ1) is 21.9. The van der Waals surface area contributed by atoms with Crippen molar-refractivity contribution in [1.82, 2.24) is 0 Å². The molecule has 1 fully saturated rings. The maximum absolute atomic E-state index is 14.9. The van der Waals surface area contributed by atoms with Crippen LogP contribution >= 0.6 is 11.6 Å². The van der Waals surface area contributed by atoms with Crippen molar-refractivity contribution in [3.8, 4) is 16.9 Å². The lowest BCUT2D eigenvalue weighted by atomic mass is 9.77. The smallest absolute Gasteiger partial charge is 0.490 e. The van der Waals surface area contributed by atoms with Crippen molar-refractivity contribution in [2.75, 3.05) is 0 Å². The SMILES string of the molecule is C=CCC(C)Oc1cccc(Cl)c1-c1cc(B2OC(C)(C)C(C)(C)O2)ccc1F. The highest BCUT2D eigenvalue weighted by Gasteiger charge is 2.51. The van der Waals surface area contributed by atoms with E-state index in [0.717, 1.165) is 5.46 Å². The molecule has 0 N–H and O–H groups in total. The Balaban J connectivity index is 2.03. The molecule has 154 valence electrons. The predicted octanol–water partition coefficient (Wildman–Crippen LogP) is 5.79. The van der Waals surface area contributed by atoms with Gasteiger partial charge in [0.2, 0.25) is 0 Å². The number of rotatable bonds is 6. The first-order chi connectivity index (χ1) is 13.6. The van der Waals surface area contributed by atoms with Crippen LogP contribution in [-0.4, -0.2) is 24.4 Å². The van der Waals surface area contributed by atoms with Gasteiger partial charge in [-0.2, -0.15) is 0 Å². The molecule has 6 heteroatoms. The standard InChI is InChI=1S/C23H27BClFO3/c1-7-9-15(2)27-20-11-8-10-18(25)21(20)17-14-16(12-13-19(17)26)24-28-22(3,4)23(5,6)29-24/h7-8,10-15H,1,9H2,2-6H3. The molecule has 1 aliphatic rings. The molecule has 0 amide bonds. The zero-order valence-corrected chi connectivity index (χ0v) is 18.3. The highest BCUT2D eigenvalue weighted by molar-refractivity contribution is 6.62. The van der Waals surface area contributed by atoms with Crippen LogP contribution in [0.4, 0.5) is 4.39 Å². The second-order valence-electron chi connectivity index (χ2n) is 8.39. The van der Waals surface area contributed by atoms with Gasteiger partial charge in [0.15, 0.2) is 0 Å². The van der Waals surface area contributed by atoms with E-state index in [1.807, 2.05) is 34.6 Å². The van der Waals surface area contributed by atoms with E-state index in [1.165, 1.54) is 6.07 Å². The highest BCUT2D eigenvalue weighted by Crippen LogP contribution is 2.40. The predicted molar refractivity (Wildman–Crippen MR) is 117 cm³/mol. The summed E-state index contributed by atoms with van der Waals surface area (Å²) in [6, 6.07) is 10.1.